The number of nitrogens with one attached hydrogen (secondary N) is 1. The zero-order valence-electron chi connectivity index (χ0n) is 13.7. The second-order valence-electron chi connectivity index (χ2n) is 6.68. The number of cyclic esters (lactones) is 1. The molecule has 7 nitrogen and oxygen atoms in total. The van der Waals surface area contributed by atoms with Gasteiger partial charge < -0.3 is 25.0 Å². The molecule has 0 aliphatic carbocycles. The third kappa shape index (κ3) is 6.19. The topological polar surface area (TPSA) is 105 Å². The van der Waals surface area contributed by atoms with Crippen LogP contribution >= 0.6 is 0 Å². The van der Waals surface area contributed by atoms with E-state index < -0.39 is 42.0 Å². The molecule has 0 spiro atoms. The lowest BCUT2D eigenvalue weighted by Gasteiger charge is -2.28. The molecular formula is C15H27NO6. The number of carbonyl (C=O) groups excluding carboxylic acids is 2. The predicted molar refractivity (Wildman–Crippen MR) is 79.2 cm³/mol. The second-order valence-corrected chi connectivity index (χ2v) is 6.68. The maximum atomic E-state index is 12.1. The van der Waals surface area contributed by atoms with Gasteiger partial charge in [0.2, 0.25) is 0 Å². The average molecular weight is 317 g/mol. The molecule has 1 aliphatic rings. The fraction of sp³-hybridized carbons (Fsp3) is 0.867. The largest absolute Gasteiger partial charge is 0.458 e. The number of esters is 1. The van der Waals surface area contributed by atoms with E-state index in [1.807, 2.05) is 0 Å². The Hall–Kier alpha value is -1.34. The number of ether oxygens (including phenoxy) is 2. The number of hydrogen-bond donors (Lipinski definition) is 3. The van der Waals surface area contributed by atoms with Crippen LogP contribution in [0.1, 0.15) is 53.4 Å². The van der Waals surface area contributed by atoms with Crippen molar-refractivity contribution < 1.29 is 29.3 Å². The molecule has 4 atom stereocenters. The minimum atomic E-state index is -1.13. The van der Waals surface area contributed by atoms with Crippen LogP contribution in [0.15, 0.2) is 0 Å². The molecule has 7 heteroatoms. The molecule has 0 bridgehead atoms. The summed E-state index contributed by atoms with van der Waals surface area (Å²) in [5.74, 6) is -0.633. The van der Waals surface area contributed by atoms with E-state index in [9.17, 15) is 19.8 Å². The highest BCUT2D eigenvalue weighted by atomic mass is 16.6. The minimum Gasteiger partial charge on any atom is -0.458 e. The first-order valence-electron chi connectivity index (χ1n) is 7.66. The number of aliphatic hydroxyl groups is 2. The van der Waals surface area contributed by atoms with E-state index in [1.54, 1.807) is 20.8 Å². The monoisotopic (exact) mass is 317 g/mol. The maximum absolute atomic E-state index is 12.1. The Kier molecular flexibility index (Phi) is 6.62. The number of aliphatic hydroxyl groups excluding tert-OH is 2. The number of amides is 1. The van der Waals surface area contributed by atoms with Crippen molar-refractivity contribution in [3.05, 3.63) is 0 Å². The molecule has 128 valence electrons. The summed E-state index contributed by atoms with van der Waals surface area (Å²) in [5.41, 5.74) is -0.655. The van der Waals surface area contributed by atoms with Gasteiger partial charge in [0, 0.05) is 0 Å². The van der Waals surface area contributed by atoms with Gasteiger partial charge in [-0.2, -0.15) is 0 Å². The Balaban J connectivity index is 2.69. The Bertz CT molecular complexity index is 392. The van der Waals surface area contributed by atoms with Crippen molar-refractivity contribution in [2.24, 2.45) is 0 Å². The van der Waals surface area contributed by atoms with E-state index in [0.29, 0.717) is 25.7 Å². The number of hydrogen-bond acceptors (Lipinski definition) is 6. The molecule has 0 aromatic heterocycles. The van der Waals surface area contributed by atoms with Gasteiger partial charge in [0.05, 0.1) is 6.10 Å². The summed E-state index contributed by atoms with van der Waals surface area (Å²) >= 11 is 0. The van der Waals surface area contributed by atoms with Crippen LogP contribution in [-0.2, 0) is 14.3 Å². The van der Waals surface area contributed by atoms with Crippen LogP contribution in [0.4, 0.5) is 4.79 Å². The van der Waals surface area contributed by atoms with Crippen molar-refractivity contribution in [1.29, 1.82) is 0 Å². The van der Waals surface area contributed by atoms with E-state index in [1.165, 1.54) is 6.92 Å². The molecule has 1 rings (SSSR count). The van der Waals surface area contributed by atoms with Crippen LogP contribution < -0.4 is 5.32 Å². The molecule has 1 saturated heterocycles. The Morgan fingerprint density at radius 3 is 2.45 bits per heavy atom. The normalized spacial score (nSPS) is 31.1. The number of alkyl carbamates (subject to hydrolysis) is 1. The third-order valence-corrected chi connectivity index (χ3v) is 3.40. The van der Waals surface area contributed by atoms with E-state index in [2.05, 4.69) is 5.32 Å². The molecule has 0 radical (unpaired) electrons. The van der Waals surface area contributed by atoms with E-state index >= 15 is 0 Å². The highest BCUT2D eigenvalue weighted by Crippen LogP contribution is 2.17. The first kappa shape index (κ1) is 18.7. The van der Waals surface area contributed by atoms with Crippen molar-refractivity contribution in [3.8, 4) is 0 Å². The van der Waals surface area contributed by atoms with Gasteiger partial charge in [-0.25, -0.2) is 9.59 Å². The molecule has 0 unspecified atom stereocenters. The number of rotatable bonds is 1. The first-order chi connectivity index (χ1) is 10.1. The predicted octanol–water partition coefficient (Wildman–Crippen LogP) is 1.11. The first-order valence-corrected chi connectivity index (χ1v) is 7.66. The van der Waals surface area contributed by atoms with Gasteiger partial charge in [0.1, 0.15) is 23.9 Å². The average Bonchev–Trinajstić information content (AvgIpc) is 2.37. The fourth-order valence-corrected chi connectivity index (χ4v) is 2.22. The van der Waals surface area contributed by atoms with Crippen molar-refractivity contribution in [2.45, 2.75) is 83.3 Å². The Morgan fingerprint density at radius 1 is 1.27 bits per heavy atom. The lowest BCUT2D eigenvalue weighted by atomic mass is 9.99. The second kappa shape index (κ2) is 7.78. The van der Waals surface area contributed by atoms with Gasteiger partial charge in [0.15, 0.2) is 0 Å². The summed E-state index contributed by atoms with van der Waals surface area (Å²) in [6.07, 6.45) is -1.50. The van der Waals surface area contributed by atoms with Crippen LogP contribution in [-0.4, -0.2) is 52.2 Å². The van der Waals surface area contributed by atoms with Gasteiger partial charge >= 0.3 is 12.1 Å². The van der Waals surface area contributed by atoms with Gasteiger partial charge in [-0.3, -0.25) is 0 Å². The van der Waals surface area contributed by atoms with Gasteiger partial charge in [-0.05, 0) is 40.5 Å². The standard InChI is InChI=1S/C15H27NO6/c1-9-12(18)11(17)8-6-5-7-10(13(19)21-9)16-14(20)22-15(2,3)4/h9-12,17-18H,5-8H2,1-4H3,(H,16,20)/t9-,10-,11-,12-/m0/s1. The smallest absolute Gasteiger partial charge is 0.408 e. The number of carbonyl (C=O) groups is 2. The SMILES string of the molecule is C[C@@H]1OC(=O)[C@@H](NC(=O)OC(C)(C)C)CCCC[C@H](O)[C@H]1O. The summed E-state index contributed by atoms with van der Waals surface area (Å²) in [4.78, 5) is 23.9. The summed E-state index contributed by atoms with van der Waals surface area (Å²) in [6.45, 7) is 6.71. The van der Waals surface area contributed by atoms with E-state index in [0.717, 1.165) is 0 Å². The van der Waals surface area contributed by atoms with Crippen LogP contribution in [0.5, 0.6) is 0 Å². The van der Waals surface area contributed by atoms with Crippen LogP contribution in [0.2, 0.25) is 0 Å². The quantitative estimate of drug-likeness (QED) is 0.626. The van der Waals surface area contributed by atoms with Crippen LogP contribution in [0, 0.1) is 0 Å². The molecule has 0 aromatic rings. The van der Waals surface area contributed by atoms with Gasteiger partial charge in [0.25, 0.3) is 0 Å². The summed E-state index contributed by atoms with van der Waals surface area (Å²) in [7, 11) is 0. The van der Waals surface area contributed by atoms with Crippen LogP contribution in [0.25, 0.3) is 0 Å². The molecule has 1 amide bonds. The van der Waals surface area contributed by atoms with Crippen LogP contribution in [0.3, 0.4) is 0 Å². The lowest BCUT2D eigenvalue weighted by Crippen LogP contribution is -2.47. The van der Waals surface area contributed by atoms with Gasteiger partial charge in [-0.15, -0.1) is 0 Å². The van der Waals surface area contributed by atoms with Crippen molar-refractivity contribution >= 4 is 12.1 Å². The minimum absolute atomic E-state index is 0.396. The molecule has 0 saturated carbocycles. The molecule has 22 heavy (non-hydrogen) atoms. The zero-order chi connectivity index (χ0) is 16.9. The van der Waals surface area contributed by atoms with Crippen molar-refractivity contribution in [1.82, 2.24) is 5.32 Å². The maximum Gasteiger partial charge on any atom is 0.408 e. The molecule has 3 N–H and O–H groups in total. The summed E-state index contributed by atoms with van der Waals surface area (Å²) < 4.78 is 10.3. The highest BCUT2D eigenvalue weighted by Gasteiger charge is 2.31. The van der Waals surface area contributed by atoms with Crippen molar-refractivity contribution in [3.63, 3.8) is 0 Å². The molecular weight excluding hydrogens is 290 g/mol. The molecule has 1 heterocycles. The zero-order valence-corrected chi connectivity index (χ0v) is 13.7. The summed E-state index contributed by atoms with van der Waals surface area (Å²) in [6, 6.07) is -0.820. The molecule has 0 aromatic carbocycles. The van der Waals surface area contributed by atoms with Gasteiger partial charge in [-0.1, -0.05) is 12.8 Å². The Labute approximate surface area is 131 Å². The Morgan fingerprint density at radius 2 is 1.86 bits per heavy atom. The lowest BCUT2D eigenvalue weighted by molar-refractivity contribution is -0.161. The summed E-state index contributed by atoms with van der Waals surface area (Å²) in [5, 5.41) is 22.1. The fourth-order valence-electron chi connectivity index (χ4n) is 2.22. The molecule has 1 aliphatic heterocycles. The molecule has 1 fully saturated rings. The van der Waals surface area contributed by atoms with E-state index in [-0.39, 0.29) is 0 Å². The third-order valence-electron chi connectivity index (χ3n) is 3.40. The highest BCUT2D eigenvalue weighted by molar-refractivity contribution is 5.81. The van der Waals surface area contributed by atoms with E-state index in [4.69, 9.17) is 9.47 Å². The van der Waals surface area contributed by atoms with Crippen molar-refractivity contribution in [2.75, 3.05) is 0 Å².